The Morgan fingerprint density at radius 3 is 2.35 bits per heavy atom. The smallest absolute Gasteiger partial charge is 0.405 e. The van der Waals surface area contributed by atoms with Crippen LogP contribution in [-0.4, -0.2) is 6.36 Å². The van der Waals surface area contributed by atoms with Gasteiger partial charge in [0.15, 0.2) is 0 Å². The molecule has 0 saturated carbocycles. The van der Waals surface area contributed by atoms with Crippen molar-refractivity contribution in [2.24, 2.45) is 5.73 Å². The Morgan fingerprint density at radius 2 is 1.75 bits per heavy atom. The molecule has 0 aliphatic heterocycles. The predicted octanol–water partition coefficient (Wildman–Crippen LogP) is 4.02. The van der Waals surface area contributed by atoms with Gasteiger partial charge in [0.1, 0.15) is 5.75 Å². The fourth-order valence-corrected chi connectivity index (χ4v) is 1.95. The number of hydrogen-bond donors (Lipinski definition) is 1. The molecule has 0 unspecified atom stereocenters. The van der Waals surface area contributed by atoms with Crippen LogP contribution < -0.4 is 10.5 Å². The van der Waals surface area contributed by atoms with Crippen LogP contribution in [0.2, 0.25) is 0 Å². The molecule has 2 nitrogen and oxygen atoms in total. The Labute approximate surface area is 115 Å². The lowest BCUT2D eigenvalue weighted by atomic mass is 10.0. The first-order valence-electron chi connectivity index (χ1n) is 6.05. The van der Waals surface area contributed by atoms with Gasteiger partial charge in [-0.2, -0.15) is 0 Å². The molecular weight excluding hydrogens is 267 g/mol. The van der Waals surface area contributed by atoms with E-state index in [9.17, 15) is 13.2 Å². The number of benzene rings is 2. The van der Waals surface area contributed by atoms with Crippen LogP contribution in [-0.2, 0) is 6.54 Å². The van der Waals surface area contributed by atoms with Crippen molar-refractivity contribution in [2.75, 3.05) is 0 Å². The van der Waals surface area contributed by atoms with Crippen LogP contribution in [0, 0.1) is 6.92 Å². The Balaban J connectivity index is 2.44. The van der Waals surface area contributed by atoms with Gasteiger partial charge in [0, 0.05) is 12.1 Å². The Kier molecular flexibility index (Phi) is 3.99. The maximum atomic E-state index is 12.4. The summed E-state index contributed by atoms with van der Waals surface area (Å²) in [6, 6.07) is 12.2. The standard InChI is InChI=1S/C15H14F3NO/c1-10-3-2-4-11(7-10)12-5-6-13(9-19)14(8-12)20-15(16,17)18/h2-8H,9,19H2,1H3. The predicted molar refractivity (Wildman–Crippen MR) is 71.2 cm³/mol. The zero-order chi connectivity index (χ0) is 14.8. The van der Waals surface area contributed by atoms with Crippen molar-refractivity contribution < 1.29 is 17.9 Å². The lowest BCUT2D eigenvalue weighted by molar-refractivity contribution is -0.274. The lowest BCUT2D eigenvalue weighted by Crippen LogP contribution is -2.18. The second-order valence-electron chi connectivity index (χ2n) is 4.44. The molecule has 0 heterocycles. The van der Waals surface area contributed by atoms with Gasteiger partial charge in [-0.1, -0.05) is 42.0 Å². The van der Waals surface area contributed by atoms with Crippen molar-refractivity contribution in [1.29, 1.82) is 0 Å². The quantitative estimate of drug-likeness (QED) is 0.922. The zero-order valence-electron chi connectivity index (χ0n) is 10.9. The van der Waals surface area contributed by atoms with Crippen LogP contribution in [0.5, 0.6) is 5.75 Å². The molecule has 0 saturated heterocycles. The first-order chi connectivity index (χ1) is 9.39. The molecule has 0 radical (unpaired) electrons. The molecule has 20 heavy (non-hydrogen) atoms. The minimum absolute atomic E-state index is 0.0144. The Morgan fingerprint density at radius 1 is 1.05 bits per heavy atom. The molecule has 2 aromatic rings. The topological polar surface area (TPSA) is 35.2 Å². The summed E-state index contributed by atoms with van der Waals surface area (Å²) in [5.74, 6) is -0.251. The molecule has 0 atom stereocenters. The Bertz CT molecular complexity index is 608. The number of alkyl halides is 3. The largest absolute Gasteiger partial charge is 0.573 e. The summed E-state index contributed by atoms with van der Waals surface area (Å²) >= 11 is 0. The summed E-state index contributed by atoms with van der Waals surface area (Å²) in [7, 11) is 0. The second-order valence-corrected chi connectivity index (χ2v) is 4.44. The number of nitrogens with two attached hydrogens (primary N) is 1. The maximum absolute atomic E-state index is 12.4. The third-order valence-corrected chi connectivity index (χ3v) is 2.86. The molecule has 2 N–H and O–H groups in total. The summed E-state index contributed by atoms with van der Waals surface area (Å²) in [5, 5.41) is 0. The van der Waals surface area contributed by atoms with Crippen molar-refractivity contribution in [3.8, 4) is 16.9 Å². The lowest BCUT2D eigenvalue weighted by Gasteiger charge is -2.14. The highest BCUT2D eigenvalue weighted by Gasteiger charge is 2.32. The fraction of sp³-hybridized carbons (Fsp3) is 0.200. The SMILES string of the molecule is Cc1cccc(-c2ccc(CN)c(OC(F)(F)F)c2)c1. The number of halogens is 3. The van der Waals surface area contributed by atoms with E-state index in [0.29, 0.717) is 11.1 Å². The van der Waals surface area contributed by atoms with Crippen LogP contribution in [0.3, 0.4) is 0 Å². The molecule has 0 aliphatic carbocycles. The molecular formula is C15H14F3NO. The summed E-state index contributed by atoms with van der Waals surface area (Å²) in [4.78, 5) is 0. The first kappa shape index (κ1) is 14.4. The highest BCUT2D eigenvalue weighted by molar-refractivity contribution is 5.66. The fourth-order valence-electron chi connectivity index (χ4n) is 1.95. The highest BCUT2D eigenvalue weighted by Crippen LogP contribution is 2.31. The molecule has 0 spiro atoms. The van der Waals surface area contributed by atoms with E-state index in [0.717, 1.165) is 11.1 Å². The van der Waals surface area contributed by atoms with E-state index in [-0.39, 0.29) is 12.3 Å². The van der Waals surface area contributed by atoms with Gasteiger partial charge in [-0.25, -0.2) is 0 Å². The zero-order valence-corrected chi connectivity index (χ0v) is 10.9. The molecule has 2 aromatic carbocycles. The van der Waals surface area contributed by atoms with Crippen molar-refractivity contribution in [3.63, 3.8) is 0 Å². The van der Waals surface area contributed by atoms with Gasteiger partial charge in [0.05, 0.1) is 0 Å². The van der Waals surface area contributed by atoms with Gasteiger partial charge in [0.25, 0.3) is 0 Å². The molecule has 0 fully saturated rings. The molecule has 0 aliphatic rings. The average molecular weight is 281 g/mol. The van der Waals surface area contributed by atoms with E-state index in [2.05, 4.69) is 4.74 Å². The van der Waals surface area contributed by atoms with Gasteiger partial charge in [-0.3, -0.25) is 0 Å². The van der Waals surface area contributed by atoms with Crippen LogP contribution in [0.25, 0.3) is 11.1 Å². The summed E-state index contributed by atoms with van der Waals surface area (Å²) in [5.41, 5.74) is 8.28. The molecule has 0 aromatic heterocycles. The molecule has 0 bridgehead atoms. The average Bonchev–Trinajstić information content (AvgIpc) is 2.37. The van der Waals surface area contributed by atoms with Gasteiger partial charge in [-0.15, -0.1) is 13.2 Å². The van der Waals surface area contributed by atoms with Gasteiger partial charge < -0.3 is 10.5 Å². The minimum atomic E-state index is -4.73. The first-order valence-corrected chi connectivity index (χ1v) is 6.05. The van der Waals surface area contributed by atoms with E-state index in [1.807, 2.05) is 31.2 Å². The van der Waals surface area contributed by atoms with E-state index in [4.69, 9.17) is 5.73 Å². The van der Waals surface area contributed by atoms with Crippen LogP contribution >= 0.6 is 0 Å². The van der Waals surface area contributed by atoms with Crippen LogP contribution in [0.1, 0.15) is 11.1 Å². The van der Waals surface area contributed by atoms with Crippen molar-refractivity contribution in [3.05, 3.63) is 53.6 Å². The Hall–Kier alpha value is -2.01. The normalized spacial score (nSPS) is 11.4. The summed E-state index contributed by atoms with van der Waals surface area (Å²) in [6.45, 7) is 1.91. The van der Waals surface area contributed by atoms with E-state index >= 15 is 0 Å². The number of hydrogen-bond acceptors (Lipinski definition) is 2. The minimum Gasteiger partial charge on any atom is -0.405 e. The van der Waals surface area contributed by atoms with Crippen molar-refractivity contribution in [1.82, 2.24) is 0 Å². The summed E-state index contributed by atoms with van der Waals surface area (Å²) < 4.78 is 41.2. The molecule has 0 amide bonds. The molecule has 5 heteroatoms. The van der Waals surface area contributed by atoms with E-state index < -0.39 is 6.36 Å². The molecule has 106 valence electrons. The maximum Gasteiger partial charge on any atom is 0.573 e. The second kappa shape index (κ2) is 5.54. The van der Waals surface area contributed by atoms with E-state index in [1.165, 1.54) is 6.07 Å². The summed E-state index contributed by atoms with van der Waals surface area (Å²) in [6.07, 6.45) is -4.73. The van der Waals surface area contributed by atoms with Gasteiger partial charge in [-0.05, 0) is 24.1 Å². The van der Waals surface area contributed by atoms with Crippen molar-refractivity contribution in [2.45, 2.75) is 19.8 Å². The van der Waals surface area contributed by atoms with Crippen LogP contribution in [0.4, 0.5) is 13.2 Å². The van der Waals surface area contributed by atoms with Crippen molar-refractivity contribution >= 4 is 0 Å². The highest BCUT2D eigenvalue weighted by atomic mass is 19.4. The number of ether oxygens (including phenoxy) is 1. The van der Waals surface area contributed by atoms with Gasteiger partial charge >= 0.3 is 6.36 Å². The number of rotatable bonds is 3. The van der Waals surface area contributed by atoms with Gasteiger partial charge in [0.2, 0.25) is 0 Å². The monoisotopic (exact) mass is 281 g/mol. The number of aryl methyl sites for hydroxylation is 1. The molecule has 2 rings (SSSR count). The third-order valence-electron chi connectivity index (χ3n) is 2.86. The third kappa shape index (κ3) is 3.51. The van der Waals surface area contributed by atoms with E-state index in [1.54, 1.807) is 12.1 Å². The van der Waals surface area contributed by atoms with Crippen LogP contribution in [0.15, 0.2) is 42.5 Å².